The van der Waals surface area contributed by atoms with E-state index in [1.807, 2.05) is 12.1 Å². The Morgan fingerprint density at radius 3 is 3.00 bits per heavy atom. The van der Waals surface area contributed by atoms with Crippen LogP contribution < -0.4 is 5.56 Å². The number of aliphatic carboxylic acids is 1. The van der Waals surface area contributed by atoms with E-state index in [1.54, 1.807) is 22.9 Å². The average molecular weight is 318 g/mol. The van der Waals surface area contributed by atoms with Crippen molar-refractivity contribution in [3.63, 3.8) is 0 Å². The summed E-state index contributed by atoms with van der Waals surface area (Å²) in [6.07, 6.45) is 4.03. The number of rotatable bonds is 2. The number of hydrogen-bond acceptors (Lipinski definition) is 3. The molecule has 0 fully saturated rings. The maximum absolute atomic E-state index is 12.0. The van der Waals surface area contributed by atoms with Gasteiger partial charge in [-0.05, 0) is 11.1 Å². The largest absolute Gasteiger partial charge is 0.481 e. The van der Waals surface area contributed by atoms with E-state index >= 15 is 0 Å². The fourth-order valence-electron chi connectivity index (χ4n) is 2.95. The zero-order valence-electron chi connectivity index (χ0n) is 11.4. The van der Waals surface area contributed by atoms with Crippen LogP contribution in [0.15, 0.2) is 35.4 Å². The number of fused-ring (bicyclic) bond motifs is 5. The van der Waals surface area contributed by atoms with Crippen molar-refractivity contribution in [2.24, 2.45) is 0 Å². The van der Waals surface area contributed by atoms with Crippen LogP contribution >= 0.6 is 12.4 Å². The van der Waals surface area contributed by atoms with E-state index in [9.17, 15) is 9.59 Å². The molecule has 2 N–H and O–H groups in total. The first-order valence-corrected chi connectivity index (χ1v) is 6.55. The van der Waals surface area contributed by atoms with Crippen molar-refractivity contribution in [2.75, 3.05) is 0 Å². The lowest BCUT2D eigenvalue weighted by Gasteiger charge is -2.03. The summed E-state index contributed by atoms with van der Waals surface area (Å²) in [5, 5.41) is 8.88. The third-order valence-electron chi connectivity index (χ3n) is 3.81. The molecule has 6 nitrogen and oxygen atoms in total. The number of aromatic nitrogens is 3. The Hall–Kier alpha value is -2.60. The van der Waals surface area contributed by atoms with Crippen molar-refractivity contribution < 1.29 is 9.90 Å². The molecule has 0 saturated carbocycles. The molecule has 0 amide bonds. The van der Waals surface area contributed by atoms with Crippen molar-refractivity contribution in [1.82, 2.24) is 14.4 Å². The minimum atomic E-state index is -0.851. The van der Waals surface area contributed by atoms with Crippen LogP contribution in [0.5, 0.6) is 0 Å². The number of benzene rings is 1. The highest BCUT2D eigenvalue weighted by atomic mass is 35.5. The van der Waals surface area contributed by atoms with Crippen LogP contribution in [0.1, 0.15) is 16.8 Å². The Balaban J connectivity index is 0.00000144. The molecule has 0 spiro atoms. The van der Waals surface area contributed by atoms with Gasteiger partial charge in [-0.15, -0.1) is 12.4 Å². The molecule has 2 heterocycles. The molecule has 0 unspecified atom stereocenters. The zero-order chi connectivity index (χ0) is 14.6. The summed E-state index contributed by atoms with van der Waals surface area (Å²) in [6, 6.07) is 5.56. The molecule has 7 heteroatoms. The Morgan fingerprint density at radius 2 is 2.23 bits per heavy atom. The number of nitrogens with zero attached hydrogens (tertiary/aromatic N) is 2. The number of hydrogen-bond donors (Lipinski definition) is 2. The molecule has 4 rings (SSSR count). The molecule has 112 valence electrons. The Kier molecular flexibility index (Phi) is 3.26. The van der Waals surface area contributed by atoms with Gasteiger partial charge in [0.25, 0.3) is 5.56 Å². The van der Waals surface area contributed by atoms with E-state index in [4.69, 9.17) is 5.11 Å². The van der Waals surface area contributed by atoms with Crippen LogP contribution in [0, 0.1) is 0 Å². The van der Waals surface area contributed by atoms with Crippen molar-refractivity contribution in [2.45, 2.75) is 12.8 Å². The van der Waals surface area contributed by atoms with Crippen LogP contribution in [0.3, 0.4) is 0 Å². The molecular formula is C15H12ClN3O3. The quantitative estimate of drug-likeness (QED) is 0.588. The minimum absolute atomic E-state index is 0. The van der Waals surface area contributed by atoms with Gasteiger partial charge in [0, 0.05) is 24.4 Å². The maximum atomic E-state index is 12.0. The van der Waals surface area contributed by atoms with Gasteiger partial charge < -0.3 is 10.1 Å². The lowest BCUT2D eigenvalue weighted by molar-refractivity contribution is -0.136. The van der Waals surface area contributed by atoms with Crippen LogP contribution in [-0.4, -0.2) is 25.4 Å². The maximum Gasteiger partial charge on any atom is 0.307 e. The summed E-state index contributed by atoms with van der Waals surface area (Å²) >= 11 is 0. The van der Waals surface area contributed by atoms with Gasteiger partial charge in [0.1, 0.15) is 0 Å². The van der Waals surface area contributed by atoms with Gasteiger partial charge in [0.2, 0.25) is 5.65 Å². The normalized spacial score (nSPS) is 11.8. The molecule has 2 aromatic heterocycles. The fourth-order valence-corrected chi connectivity index (χ4v) is 2.95. The predicted octanol–water partition coefficient (Wildman–Crippen LogP) is 1.64. The number of halogens is 1. The molecule has 1 aromatic carbocycles. The first kappa shape index (κ1) is 14.3. The van der Waals surface area contributed by atoms with E-state index in [0.29, 0.717) is 12.1 Å². The lowest BCUT2D eigenvalue weighted by atomic mass is 10.0. The molecule has 0 bridgehead atoms. The van der Waals surface area contributed by atoms with Crippen molar-refractivity contribution >= 4 is 24.0 Å². The third-order valence-corrected chi connectivity index (χ3v) is 3.81. The van der Waals surface area contributed by atoms with Crippen LogP contribution in [0.2, 0.25) is 0 Å². The lowest BCUT2D eigenvalue weighted by Crippen LogP contribution is -2.13. The van der Waals surface area contributed by atoms with Crippen LogP contribution in [0.25, 0.3) is 16.9 Å². The highest BCUT2D eigenvalue weighted by Gasteiger charge is 2.23. The molecule has 0 saturated heterocycles. The SMILES string of the molecule is Cl.O=C(O)Cc1ccc2c(c1)Cc1c-2[nH]c(=O)c2nccn12. The number of carboxylic acid groups (broad SMARTS) is 1. The molecule has 1 aliphatic rings. The summed E-state index contributed by atoms with van der Waals surface area (Å²) in [7, 11) is 0. The second-order valence-electron chi connectivity index (χ2n) is 5.14. The van der Waals surface area contributed by atoms with Crippen LogP contribution in [0.4, 0.5) is 0 Å². The van der Waals surface area contributed by atoms with E-state index < -0.39 is 5.97 Å². The second kappa shape index (κ2) is 4.99. The van der Waals surface area contributed by atoms with Crippen LogP contribution in [-0.2, 0) is 17.6 Å². The first-order chi connectivity index (χ1) is 10.1. The fraction of sp³-hybridized carbons (Fsp3) is 0.133. The monoisotopic (exact) mass is 317 g/mol. The topological polar surface area (TPSA) is 87.5 Å². The molecule has 1 aliphatic carbocycles. The first-order valence-electron chi connectivity index (χ1n) is 6.55. The molecule has 0 aliphatic heterocycles. The molecule has 22 heavy (non-hydrogen) atoms. The van der Waals surface area contributed by atoms with Gasteiger partial charge in [0.15, 0.2) is 0 Å². The van der Waals surface area contributed by atoms with Gasteiger partial charge in [-0.25, -0.2) is 4.98 Å². The number of imidazole rings is 1. The van der Waals surface area contributed by atoms with Gasteiger partial charge in [-0.1, -0.05) is 18.2 Å². The summed E-state index contributed by atoms with van der Waals surface area (Å²) in [5.74, 6) is -0.851. The van der Waals surface area contributed by atoms with E-state index in [-0.39, 0.29) is 24.4 Å². The molecule has 3 aromatic rings. The number of carboxylic acids is 1. The zero-order valence-corrected chi connectivity index (χ0v) is 12.2. The third kappa shape index (κ3) is 2.00. The van der Waals surface area contributed by atoms with Gasteiger partial charge in [-0.3, -0.25) is 14.0 Å². The smallest absolute Gasteiger partial charge is 0.307 e. The number of aromatic amines is 1. The average Bonchev–Trinajstić information content (AvgIpc) is 3.02. The van der Waals surface area contributed by atoms with Crippen molar-refractivity contribution in [1.29, 1.82) is 0 Å². The number of H-pyrrole nitrogens is 1. The van der Waals surface area contributed by atoms with Gasteiger partial charge >= 0.3 is 5.97 Å². The molecule has 0 atom stereocenters. The number of nitrogens with one attached hydrogen (secondary N) is 1. The molecular weight excluding hydrogens is 306 g/mol. The van der Waals surface area contributed by atoms with Crippen molar-refractivity contribution in [3.8, 4) is 11.3 Å². The highest BCUT2D eigenvalue weighted by molar-refractivity contribution is 5.85. The second-order valence-corrected chi connectivity index (χ2v) is 5.14. The van der Waals surface area contributed by atoms with Gasteiger partial charge in [0.05, 0.1) is 17.8 Å². The van der Waals surface area contributed by atoms with Crippen molar-refractivity contribution in [3.05, 3.63) is 57.8 Å². The van der Waals surface area contributed by atoms with Gasteiger partial charge in [-0.2, -0.15) is 0 Å². The molecule has 0 radical (unpaired) electrons. The highest BCUT2D eigenvalue weighted by Crippen LogP contribution is 2.34. The Bertz CT molecular complexity index is 958. The summed E-state index contributed by atoms with van der Waals surface area (Å²) in [6.45, 7) is 0. The Labute approximate surface area is 130 Å². The van der Waals surface area contributed by atoms with E-state index in [1.165, 1.54) is 0 Å². The standard InChI is InChI=1S/C15H11N3O3.ClH/c19-12(20)6-8-1-2-10-9(5-8)7-11-13(10)17-15(21)14-16-3-4-18(11)14;/h1-5H,6-7H2,(H,17,21)(H,19,20);1H. The summed E-state index contributed by atoms with van der Waals surface area (Å²) in [5.41, 5.74) is 4.67. The Morgan fingerprint density at radius 1 is 1.41 bits per heavy atom. The summed E-state index contributed by atoms with van der Waals surface area (Å²) in [4.78, 5) is 29.8. The minimum Gasteiger partial charge on any atom is -0.481 e. The number of carbonyl (C=O) groups is 1. The summed E-state index contributed by atoms with van der Waals surface area (Å²) < 4.78 is 1.80. The van der Waals surface area contributed by atoms with E-state index in [2.05, 4.69) is 9.97 Å². The van der Waals surface area contributed by atoms with E-state index in [0.717, 1.165) is 28.1 Å². The predicted molar refractivity (Wildman–Crippen MR) is 82.6 cm³/mol.